The maximum Gasteiger partial charge on any atom is 0.296 e. The first-order valence-electron chi connectivity index (χ1n) is 7.90. The Labute approximate surface area is 160 Å². The van der Waals surface area contributed by atoms with Crippen LogP contribution >= 0.6 is 11.6 Å². The van der Waals surface area contributed by atoms with E-state index in [1.165, 1.54) is 0 Å². The second kappa shape index (κ2) is 8.07. The molecule has 0 saturated carbocycles. The smallest absolute Gasteiger partial charge is 0.296 e. The lowest BCUT2D eigenvalue weighted by Gasteiger charge is -2.15. The molecule has 0 unspecified atom stereocenters. The summed E-state index contributed by atoms with van der Waals surface area (Å²) < 4.78 is 27.7. The molecule has 1 aliphatic heterocycles. The van der Waals surface area contributed by atoms with Gasteiger partial charge < -0.3 is 16.0 Å². The lowest BCUT2D eigenvalue weighted by atomic mass is 10.0. The van der Waals surface area contributed by atoms with Gasteiger partial charge in [-0.05, 0) is 31.0 Å². The number of carbonyl (C=O) groups is 2. The van der Waals surface area contributed by atoms with Gasteiger partial charge in [-0.2, -0.15) is 13.4 Å². The van der Waals surface area contributed by atoms with E-state index in [1.54, 1.807) is 22.8 Å². The average molecular weight is 415 g/mol. The summed E-state index contributed by atoms with van der Waals surface area (Å²) in [6, 6.07) is 5.04. The molecule has 3 rings (SSSR count). The number of halogens is 1. The molecule has 146 valence electrons. The molecule has 2 aromatic rings. The highest BCUT2D eigenvalue weighted by Crippen LogP contribution is 2.33. The van der Waals surface area contributed by atoms with Gasteiger partial charge >= 0.3 is 0 Å². The van der Waals surface area contributed by atoms with E-state index in [1.807, 2.05) is 0 Å². The van der Waals surface area contributed by atoms with Crippen molar-refractivity contribution in [1.29, 1.82) is 0 Å². The fraction of sp³-hybridized carbons (Fsp3) is 0.312. The molecule has 0 bridgehead atoms. The average Bonchev–Trinajstić information content (AvgIpc) is 2.88. The Balaban J connectivity index is 0.000000465. The summed E-state index contributed by atoms with van der Waals surface area (Å²) in [6.45, 7) is 0.616. The number of ketones is 1. The number of benzene rings is 1. The van der Waals surface area contributed by atoms with Crippen LogP contribution in [0.4, 0.5) is 0 Å². The van der Waals surface area contributed by atoms with E-state index in [9.17, 15) is 18.0 Å². The summed E-state index contributed by atoms with van der Waals surface area (Å²) in [6.07, 6.45) is 2.78. The standard InChI is InChI=1S/C15H15ClN4O2.CH4O3S/c16-10-5-4-8-12(21)3-1-2-6-20-11(7-9(10)13(8)20)14(22)19-15(17)18;1-5(2,3)4/h4-5,7H,1-3,6H2,(H4,17,18,19,22);1H3,(H,2,3,4). The van der Waals surface area contributed by atoms with Crippen molar-refractivity contribution < 1.29 is 22.6 Å². The molecule has 11 heteroatoms. The molecular weight excluding hydrogens is 396 g/mol. The first-order chi connectivity index (χ1) is 12.5. The lowest BCUT2D eigenvalue weighted by molar-refractivity contribution is 0.0969. The second-order valence-electron chi connectivity index (χ2n) is 5.99. The van der Waals surface area contributed by atoms with Gasteiger partial charge in [0.2, 0.25) is 0 Å². The number of rotatable bonds is 1. The minimum Gasteiger partial charge on any atom is -0.370 e. The third-order valence-electron chi connectivity index (χ3n) is 3.79. The van der Waals surface area contributed by atoms with Gasteiger partial charge in [-0.25, -0.2) is 0 Å². The van der Waals surface area contributed by atoms with E-state index in [2.05, 4.69) is 4.99 Å². The lowest BCUT2D eigenvalue weighted by Crippen LogP contribution is -2.25. The number of Topliss-reactive ketones (excluding diaryl/α,β-unsaturated/α-hetero) is 1. The van der Waals surface area contributed by atoms with E-state index in [-0.39, 0.29) is 11.7 Å². The largest absolute Gasteiger partial charge is 0.370 e. The quantitative estimate of drug-likeness (QED) is 0.363. The predicted molar refractivity (Wildman–Crippen MR) is 103 cm³/mol. The van der Waals surface area contributed by atoms with Crippen LogP contribution in [0, 0.1) is 0 Å². The molecule has 1 aliphatic rings. The normalized spacial score (nSPS) is 14.0. The zero-order chi connectivity index (χ0) is 20.4. The summed E-state index contributed by atoms with van der Waals surface area (Å²) in [5.41, 5.74) is 12.2. The van der Waals surface area contributed by atoms with Crippen LogP contribution in [0.2, 0.25) is 5.02 Å². The third kappa shape index (κ3) is 5.28. The Morgan fingerprint density at radius 3 is 2.52 bits per heavy atom. The van der Waals surface area contributed by atoms with Crippen molar-refractivity contribution >= 4 is 50.3 Å². The molecule has 0 aliphatic carbocycles. The Hall–Kier alpha value is -2.43. The number of aliphatic imine (C=N–C) groups is 1. The fourth-order valence-corrected chi connectivity index (χ4v) is 3.05. The van der Waals surface area contributed by atoms with E-state index in [4.69, 9.17) is 27.6 Å². The molecule has 1 amide bonds. The maximum atomic E-state index is 12.3. The van der Waals surface area contributed by atoms with Crippen LogP contribution in [0.5, 0.6) is 0 Å². The van der Waals surface area contributed by atoms with Crippen LogP contribution in [0.3, 0.4) is 0 Å². The molecule has 0 spiro atoms. The van der Waals surface area contributed by atoms with E-state index in [0.717, 1.165) is 12.8 Å². The number of carbonyl (C=O) groups excluding carboxylic acids is 2. The monoisotopic (exact) mass is 414 g/mol. The molecule has 2 heterocycles. The van der Waals surface area contributed by atoms with Gasteiger partial charge in [-0.3, -0.25) is 14.1 Å². The maximum absolute atomic E-state index is 12.3. The van der Waals surface area contributed by atoms with Crippen LogP contribution in [0.25, 0.3) is 10.9 Å². The van der Waals surface area contributed by atoms with E-state index >= 15 is 0 Å². The highest BCUT2D eigenvalue weighted by Gasteiger charge is 2.23. The molecule has 1 aromatic heterocycles. The van der Waals surface area contributed by atoms with Crippen molar-refractivity contribution in [3.05, 3.63) is 34.5 Å². The van der Waals surface area contributed by atoms with Crippen molar-refractivity contribution in [3.8, 4) is 0 Å². The molecule has 0 radical (unpaired) electrons. The van der Waals surface area contributed by atoms with Crippen molar-refractivity contribution in [1.82, 2.24) is 4.57 Å². The topological polar surface area (TPSA) is 158 Å². The third-order valence-corrected chi connectivity index (χ3v) is 4.12. The molecule has 0 atom stereocenters. The van der Waals surface area contributed by atoms with E-state index in [0.29, 0.717) is 46.4 Å². The van der Waals surface area contributed by atoms with Crippen LogP contribution in [-0.2, 0) is 16.7 Å². The fourth-order valence-electron chi connectivity index (χ4n) is 2.85. The highest BCUT2D eigenvalue weighted by molar-refractivity contribution is 7.85. The van der Waals surface area contributed by atoms with Crippen LogP contribution in [-0.4, -0.2) is 41.4 Å². The Bertz CT molecular complexity index is 1030. The molecule has 0 fully saturated rings. The second-order valence-corrected chi connectivity index (χ2v) is 7.87. The minimum absolute atomic E-state index is 0.0570. The van der Waals surface area contributed by atoms with Crippen LogP contribution in [0.1, 0.15) is 40.1 Å². The van der Waals surface area contributed by atoms with Gasteiger partial charge in [0.1, 0.15) is 5.69 Å². The first-order valence-corrected chi connectivity index (χ1v) is 10.1. The van der Waals surface area contributed by atoms with Crippen molar-refractivity contribution in [3.63, 3.8) is 0 Å². The SMILES string of the molecule is CS(=O)(=O)O.NC(N)=NC(=O)c1cc2c(Cl)ccc3c2n1CCCCC3=O. The molecule has 1 aromatic carbocycles. The number of nitrogens with two attached hydrogens (primary N) is 2. The minimum atomic E-state index is -3.67. The van der Waals surface area contributed by atoms with Gasteiger partial charge in [0.15, 0.2) is 11.7 Å². The van der Waals surface area contributed by atoms with Gasteiger partial charge in [-0.15, -0.1) is 0 Å². The Morgan fingerprint density at radius 2 is 1.93 bits per heavy atom. The molecule has 9 nitrogen and oxygen atoms in total. The number of aromatic nitrogens is 1. The number of hydrogen-bond donors (Lipinski definition) is 3. The number of nitrogens with zero attached hydrogens (tertiary/aromatic N) is 2. The summed E-state index contributed by atoms with van der Waals surface area (Å²) in [4.78, 5) is 28.1. The van der Waals surface area contributed by atoms with E-state index < -0.39 is 16.0 Å². The highest BCUT2D eigenvalue weighted by atomic mass is 35.5. The zero-order valence-corrected chi connectivity index (χ0v) is 16.0. The van der Waals surface area contributed by atoms with Gasteiger partial charge in [-0.1, -0.05) is 11.6 Å². The van der Waals surface area contributed by atoms with Crippen LogP contribution in [0.15, 0.2) is 23.2 Å². The van der Waals surface area contributed by atoms with Gasteiger partial charge in [0, 0.05) is 23.9 Å². The molecular formula is C16H19ClN4O5S. The summed E-state index contributed by atoms with van der Waals surface area (Å²) in [5, 5.41) is 1.16. The first kappa shape index (κ1) is 20.9. The van der Waals surface area contributed by atoms with Gasteiger partial charge in [0.25, 0.3) is 16.0 Å². The summed E-state index contributed by atoms with van der Waals surface area (Å²) >= 11 is 6.23. The Kier molecular flexibility index (Phi) is 6.24. The van der Waals surface area contributed by atoms with Crippen molar-refractivity contribution in [2.24, 2.45) is 16.5 Å². The van der Waals surface area contributed by atoms with Crippen molar-refractivity contribution in [2.45, 2.75) is 25.8 Å². The number of aryl methyl sites for hydroxylation is 1. The molecule has 5 N–H and O–H groups in total. The number of guanidine groups is 1. The number of amides is 1. The Morgan fingerprint density at radius 1 is 1.30 bits per heavy atom. The predicted octanol–water partition coefficient (Wildman–Crippen LogP) is 1.58. The van der Waals surface area contributed by atoms with Crippen molar-refractivity contribution in [2.75, 3.05) is 6.26 Å². The molecule has 27 heavy (non-hydrogen) atoms. The van der Waals surface area contributed by atoms with Crippen LogP contribution < -0.4 is 11.5 Å². The number of hydrogen-bond acceptors (Lipinski definition) is 4. The summed E-state index contributed by atoms with van der Waals surface area (Å²) in [7, 11) is -3.67. The summed E-state index contributed by atoms with van der Waals surface area (Å²) in [5.74, 6) is -0.774. The van der Waals surface area contributed by atoms with Gasteiger partial charge in [0.05, 0.1) is 16.8 Å². The zero-order valence-electron chi connectivity index (χ0n) is 14.5. The molecule has 0 saturated heterocycles.